The summed E-state index contributed by atoms with van der Waals surface area (Å²) in [6.45, 7) is 0.690. The van der Waals surface area contributed by atoms with Crippen molar-refractivity contribution < 1.29 is 9.32 Å². The van der Waals surface area contributed by atoms with Crippen LogP contribution in [0.4, 0.5) is 0 Å². The molecule has 6 heteroatoms. The van der Waals surface area contributed by atoms with Gasteiger partial charge in [0.15, 0.2) is 0 Å². The first-order valence-corrected chi connectivity index (χ1v) is 9.07. The summed E-state index contributed by atoms with van der Waals surface area (Å²) < 4.78 is 5.52. The molecule has 134 valence electrons. The third-order valence-corrected chi connectivity index (χ3v) is 5.07. The van der Waals surface area contributed by atoms with Gasteiger partial charge in [-0.2, -0.15) is 4.98 Å². The minimum Gasteiger partial charge on any atom is -0.361 e. The quantitative estimate of drug-likeness (QED) is 0.596. The lowest BCUT2D eigenvalue weighted by molar-refractivity contribution is 0.0710. The SMILES string of the molecule is O=C(c1ccc2cc[nH]c2c1)N1CCCC1c1nc(-c2ccccc2)no1. The van der Waals surface area contributed by atoms with Crippen molar-refractivity contribution in [3.05, 3.63) is 72.2 Å². The Morgan fingerprint density at radius 2 is 2.04 bits per heavy atom. The van der Waals surface area contributed by atoms with Crippen molar-refractivity contribution in [2.45, 2.75) is 18.9 Å². The van der Waals surface area contributed by atoms with Gasteiger partial charge >= 0.3 is 0 Å². The first-order valence-electron chi connectivity index (χ1n) is 9.07. The van der Waals surface area contributed by atoms with Crippen molar-refractivity contribution in [2.75, 3.05) is 6.54 Å². The molecule has 4 aromatic rings. The predicted octanol–water partition coefficient (Wildman–Crippen LogP) is 4.20. The standard InChI is InChI=1S/C21H18N4O2/c26-21(16-9-8-14-10-11-22-17(14)13-16)25-12-4-7-18(25)20-23-19(24-27-20)15-5-2-1-3-6-15/h1-3,5-6,8-11,13,18,22H,4,7,12H2. The van der Waals surface area contributed by atoms with Gasteiger partial charge in [-0.05, 0) is 36.4 Å². The van der Waals surface area contributed by atoms with Gasteiger partial charge in [0.2, 0.25) is 11.7 Å². The fourth-order valence-corrected chi connectivity index (χ4v) is 3.69. The lowest BCUT2D eigenvalue weighted by Gasteiger charge is -2.22. The zero-order valence-corrected chi connectivity index (χ0v) is 14.6. The summed E-state index contributed by atoms with van der Waals surface area (Å²) >= 11 is 0. The smallest absolute Gasteiger partial charge is 0.254 e. The van der Waals surface area contributed by atoms with Crippen LogP contribution < -0.4 is 0 Å². The number of hydrogen-bond donors (Lipinski definition) is 1. The molecule has 0 spiro atoms. The van der Waals surface area contributed by atoms with E-state index in [0.29, 0.717) is 23.8 Å². The zero-order chi connectivity index (χ0) is 18.2. The molecule has 6 nitrogen and oxygen atoms in total. The number of fused-ring (bicyclic) bond motifs is 1. The third-order valence-electron chi connectivity index (χ3n) is 5.07. The van der Waals surface area contributed by atoms with Crippen LogP contribution in [-0.2, 0) is 0 Å². The summed E-state index contributed by atoms with van der Waals surface area (Å²) in [6.07, 6.45) is 3.62. The van der Waals surface area contributed by atoms with Gasteiger partial charge in [0.25, 0.3) is 5.91 Å². The van der Waals surface area contributed by atoms with Crippen LogP contribution in [0.5, 0.6) is 0 Å². The molecule has 2 aromatic carbocycles. The number of amides is 1. The molecule has 27 heavy (non-hydrogen) atoms. The lowest BCUT2D eigenvalue weighted by Crippen LogP contribution is -2.30. The fraction of sp³-hybridized carbons (Fsp3) is 0.190. The number of aromatic amines is 1. The van der Waals surface area contributed by atoms with Crippen LogP contribution in [-0.4, -0.2) is 32.5 Å². The average molecular weight is 358 g/mol. The first kappa shape index (κ1) is 15.8. The maximum Gasteiger partial charge on any atom is 0.254 e. The van der Waals surface area contributed by atoms with Crippen molar-refractivity contribution in [3.63, 3.8) is 0 Å². The van der Waals surface area contributed by atoms with E-state index in [0.717, 1.165) is 29.3 Å². The molecule has 1 atom stereocenters. The molecule has 1 fully saturated rings. The van der Waals surface area contributed by atoms with Crippen LogP contribution in [0.1, 0.15) is 35.1 Å². The summed E-state index contributed by atoms with van der Waals surface area (Å²) in [4.78, 5) is 22.6. The number of carbonyl (C=O) groups excluding carboxylic acids is 1. The normalized spacial score (nSPS) is 16.9. The van der Waals surface area contributed by atoms with Crippen LogP contribution in [0.2, 0.25) is 0 Å². The predicted molar refractivity (Wildman–Crippen MR) is 101 cm³/mol. The molecule has 0 radical (unpaired) electrons. The van der Waals surface area contributed by atoms with Gasteiger partial charge in [-0.1, -0.05) is 41.6 Å². The summed E-state index contributed by atoms with van der Waals surface area (Å²) in [6, 6.07) is 17.3. The monoisotopic (exact) mass is 358 g/mol. The van der Waals surface area contributed by atoms with Crippen LogP contribution in [0.25, 0.3) is 22.3 Å². The van der Waals surface area contributed by atoms with E-state index in [2.05, 4.69) is 15.1 Å². The fourth-order valence-electron chi connectivity index (χ4n) is 3.69. The Hall–Kier alpha value is -3.41. The molecular formula is C21H18N4O2. The van der Waals surface area contributed by atoms with Crippen LogP contribution in [0.15, 0.2) is 65.3 Å². The van der Waals surface area contributed by atoms with Gasteiger partial charge in [0, 0.05) is 29.4 Å². The van der Waals surface area contributed by atoms with Gasteiger partial charge < -0.3 is 14.4 Å². The van der Waals surface area contributed by atoms with Crippen molar-refractivity contribution in [3.8, 4) is 11.4 Å². The number of hydrogen-bond acceptors (Lipinski definition) is 4. The molecule has 1 aliphatic rings. The van der Waals surface area contributed by atoms with Gasteiger partial charge in [-0.15, -0.1) is 0 Å². The van der Waals surface area contributed by atoms with Crippen LogP contribution in [0, 0.1) is 0 Å². The van der Waals surface area contributed by atoms with E-state index < -0.39 is 0 Å². The molecule has 3 heterocycles. The number of benzene rings is 2. The number of rotatable bonds is 3. The highest BCUT2D eigenvalue weighted by atomic mass is 16.5. The Morgan fingerprint density at radius 1 is 1.15 bits per heavy atom. The van der Waals surface area contributed by atoms with Crippen molar-refractivity contribution in [1.82, 2.24) is 20.0 Å². The number of aromatic nitrogens is 3. The van der Waals surface area contributed by atoms with Gasteiger partial charge in [0.1, 0.15) is 6.04 Å². The highest BCUT2D eigenvalue weighted by molar-refractivity contribution is 5.98. The highest BCUT2D eigenvalue weighted by Gasteiger charge is 2.34. The van der Waals surface area contributed by atoms with Crippen LogP contribution >= 0.6 is 0 Å². The van der Waals surface area contributed by atoms with E-state index in [1.54, 1.807) is 0 Å². The second kappa shape index (κ2) is 6.39. The molecule has 1 saturated heterocycles. The van der Waals surface area contributed by atoms with E-state index in [4.69, 9.17) is 4.52 Å². The number of carbonyl (C=O) groups is 1. The summed E-state index contributed by atoms with van der Waals surface area (Å²) in [5.41, 5.74) is 2.53. The number of nitrogens with one attached hydrogen (secondary N) is 1. The zero-order valence-electron chi connectivity index (χ0n) is 14.6. The molecule has 1 aliphatic heterocycles. The molecule has 1 unspecified atom stereocenters. The van der Waals surface area contributed by atoms with Crippen molar-refractivity contribution in [1.29, 1.82) is 0 Å². The Labute approximate surface area is 155 Å². The largest absolute Gasteiger partial charge is 0.361 e. The Bertz CT molecular complexity index is 1100. The molecule has 0 saturated carbocycles. The van der Waals surface area contributed by atoms with Crippen molar-refractivity contribution in [2.24, 2.45) is 0 Å². The van der Waals surface area contributed by atoms with E-state index in [1.807, 2.05) is 65.7 Å². The molecule has 1 amide bonds. The van der Waals surface area contributed by atoms with Gasteiger partial charge in [-0.25, -0.2) is 0 Å². The molecule has 5 rings (SSSR count). The lowest BCUT2D eigenvalue weighted by atomic mass is 10.1. The van der Waals surface area contributed by atoms with Gasteiger partial charge in [0.05, 0.1) is 0 Å². The van der Waals surface area contributed by atoms with Crippen LogP contribution in [0.3, 0.4) is 0 Å². The Morgan fingerprint density at radius 3 is 2.93 bits per heavy atom. The number of likely N-dealkylation sites (tertiary alicyclic amines) is 1. The third kappa shape index (κ3) is 2.79. The van der Waals surface area contributed by atoms with E-state index in [1.165, 1.54) is 0 Å². The van der Waals surface area contributed by atoms with Crippen molar-refractivity contribution >= 4 is 16.8 Å². The van der Waals surface area contributed by atoms with Gasteiger partial charge in [-0.3, -0.25) is 4.79 Å². The Kier molecular flexibility index (Phi) is 3.74. The second-order valence-electron chi connectivity index (χ2n) is 6.76. The molecule has 2 aromatic heterocycles. The summed E-state index contributed by atoms with van der Waals surface area (Å²) in [7, 11) is 0. The maximum atomic E-state index is 13.1. The Balaban J connectivity index is 1.43. The topological polar surface area (TPSA) is 75.0 Å². The maximum absolute atomic E-state index is 13.1. The minimum absolute atomic E-state index is 0.00605. The minimum atomic E-state index is -0.179. The van der Waals surface area contributed by atoms with E-state index in [9.17, 15) is 4.79 Å². The summed E-state index contributed by atoms with van der Waals surface area (Å²) in [5.74, 6) is 1.05. The molecule has 1 N–H and O–H groups in total. The van der Waals surface area contributed by atoms with E-state index in [-0.39, 0.29) is 11.9 Å². The number of nitrogens with zero attached hydrogens (tertiary/aromatic N) is 3. The molecule has 0 aliphatic carbocycles. The van der Waals surface area contributed by atoms with E-state index >= 15 is 0 Å². The average Bonchev–Trinajstić information content (AvgIpc) is 3.47. The second-order valence-corrected chi connectivity index (χ2v) is 6.76. The molecule has 0 bridgehead atoms. The summed E-state index contributed by atoms with van der Waals surface area (Å²) in [5, 5.41) is 5.19. The molecular weight excluding hydrogens is 340 g/mol. The first-order chi connectivity index (χ1) is 13.3. The highest BCUT2D eigenvalue weighted by Crippen LogP contribution is 2.33. The number of H-pyrrole nitrogens is 1.